The minimum atomic E-state index is -0.272. The smallest absolute Gasteiger partial charge is 0.316 e. The molecular weight excluding hydrogens is 310 g/mol. The van der Waals surface area contributed by atoms with Crippen molar-refractivity contribution >= 4 is 29.3 Å². The first-order valence-corrected chi connectivity index (χ1v) is 7.82. The number of aromatic nitrogens is 3. The third-order valence-corrected chi connectivity index (χ3v) is 3.96. The summed E-state index contributed by atoms with van der Waals surface area (Å²) in [5, 5.41) is 9.21. The van der Waals surface area contributed by atoms with Crippen LogP contribution >= 0.6 is 23.4 Å². The van der Waals surface area contributed by atoms with E-state index in [1.807, 2.05) is 39.0 Å². The van der Waals surface area contributed by atoms with Crippen LogP contribution in [0.5, 0.6) is 0 Å². The summed E-state index contributed by atoms with van der Waals surface area (Å²) < 4.78 is 6.88. The fourth-order valence-corrected chi connectivity index (χ4v) is 2.54. The third kappa shape index (κ3) is 4.22. The molecule has 2 aromatic rings. The van der Waals surface area contributed by atoms with Crippen LogP contribution in [0.15, 0.2) is 29.7 Å². The van der Waals surface area contributed by atoms with Gasteiger partial charge in [0.15, 0.2) is 5.16 Å². The molecule has 0 bridgehead atoms. The second kappa shape index (κ2) is 6.95. The van der Waals surface area contributed by atoms with Crippen molar-refractivity contribution in [2.45, 2.75) is 32.0 Å². The number of hydrogen-bond donors (Lipinski definition) is 0. The van der Waals surface area contributed by atoms with Crippen molar-refractivity contribution in [1.82, 2.24) is 14.8 Å². The number of nitrogens with zero attached hydrogens (tertiary/aromatic N) is 3. The van der Waals surface area contributed by atoms with Crippen molar-refractivity contribution in [3.8, 4) is 5.69 Å². The fraction of sp³-hybridized carbons (Fsp3) is 0.357. The Morgan fingerprint density at radius 3 is 2.90 bits per heavy atom. The number of ether oxygens (including phenoxy) is 1. The lowest BCUT2D eigenvalue weighted by Gasteiger charge is -2.09. The second-order valence-corrected chi connectivity index (χ2v) is 6.09. The summed E-state index contributed by atoms with van der Waals surface area (Å²) >= 11 is 7.41. The van der Waals surface area contributed by atoms with Crippen LogP contribution in [-0.4, -0.2) is 32.6 Å². The van der Waals surface area contributed by atoms with Crippen molar-refractivity contribution in [2.24, 2.45) is 0 Å². The number of rotatable bonds is 5. The van der Waals surface area contributed by atoms with E-state index in [4.69, 9.17) is 16.3 Å². The normalized spacial score (nSPS) is 10.9. The predicted octanol–water partition coefficient (Wildman–Crippen LogP) is 3.27. The van der Waals surface area contributed by atoms with Gasteiger partial charge in [-0.3, -0.25) is 9.36 Å². The summed E-state index contributed by atoms with van der Waals surface area (Å²) in [6.45, 7) is 5.58. The number of carbonyl (C=O) groups excluding carboxylic acids is 1. The quantitative estimate of drug-likeness (QED) is 0.623. The highest BCUT2D eigenvalue weighted by Crippen LogP contribution is 2.23. The molecule has 0 aliphatic carbocycles. The van der Waals surface area contributed by atoms with Gasteiger partial charge in [-0.15, -0.1) is 10.2 Å². The molecule has 0 amide bonds. The van der Waals surface area contributed by atoms with Gasteiger partial charge in [-0.25, -0.2) is 0 Å². The van der Waals surface area contributed by atoms with Gasteiger partial charge in [0.1, 0.15) is 6.33 Å². The van der Waals surface area contributed by atoms with Gasteiger partial charge in [-0.05, 0) is 38.5 Å². The number of hydrogen-bond acceptors (Lipinski definition) is 5. The van der Waals surface area contributed by atoms with Crippen molar-refractivity contribution in [3.63, 3.8) is 0 Å². The molecule has 0 unspecified atom stereocenters. The SMILES string of the molecule is Cc1ccc(-n2cnnc2SCC(=O)OC(C)C)cc1Cl. The van der Waals surface area contributed by atoms with Crippen LogP contribution in [0.3, 0.4) is 0 Å². The molecule has 1 heterocycles. The molecule has 0 N–H and O–H groups in total. The van der Waals surface area contributed by atoms with E-state index in [0.717, 1.165) is 11.3 Å². The summed E-state index contributed by atoms with van der Waals surface area (Å²) in [6.07, 6.45) is 1.48. The van der Waals surface area contributed by atoms with E-state index < -0.39 is 0 Å². The van der Waals surface area contributed by atoms with Gasteiger partial charge < -0.3 is 4.74 Å². The lowest BCUT2D eigenvalue weighted by Crippen LogP contribution is -2.13. The van der Waals surface area contributed by atoms with Crippen LogP contribution in [-0.2, 0) is 9.53 Å². The molecule has 21 heavy (non-hydrogen) atoms. The highest BCUT2D eigenvalue weighted by atomic mass is 35.5. The van der Waals surface area contributed by atoms with Crippen LogP contribution in [0.4, 0.5) is 0 Å². The molecular formula is C14H16ClN3O2S. The molecule has 5 nitrogen and oxygen atoms in total. The Balaban J connectivity index is 2.11. The topological polar surface area (TPSA) is 57.0 Å². The molecule has 0 spiro atoms. The minimum Gasteiger partial charge on any atom is -0.462 e. The van der Waals surface area contributed by atoms with E-state index in [0.29, 0.717) is 10.2 Å². The molecule has 1 aromatic carbocycles. The average Bonchev–Trinajstić information content (AvgIpc) is 2.87. The highest BCUT2D eigenvalue weighted by molar-refractivity contribution is 7.99. The maximum Gasteiger partial charge on any atom is 0.316 e. The summed E-state index contributed by atoms with van der Waals surface area (Å²) in [6, 6.07) is 5.71. The molecule has 0 aliphatic rings. The molecule has 0 fully saturated rings. The minimum absolute atomic E-state index is 0.119. The summed E-state index contributed by atoms with van der Waals surface area (Å²) in [7, 11) is 0. The lowest BCUT2D eigenvalue weighted by atomic mass is 10.2. The summed E-state index contributed by atoms with van der Waals surface area (Å²) in [5.41, 5.74) is 1.86. The molecule has 7 heteroatoms. The number of aryl methyl sites for hydroxylation is 1. The molecule has 0 atom stereocenters. The largest absolute Gasteiger partial charge is 0.462 e. The van der Waals surface area contributed by atoms with Gasteiger partial charge in [0.05, 0.1) is 17.5 Å². The Bertz CT molecular complexity index is 643. The first kappa shape index (κ1) is 15.9. The van der Waals surface area contributed by atoms with Crippen LogP contribution in [0, 0.1) is 6.92 Å². The van der Waals surface area contributed by atoms with Crippen molar-refractivity contribution in [2.75, 3.05) is 5.75 Å². The zero-order valence-corrected chi connectivity index (χ0v) is 13.6. The molecule has 0 saturated carbocycles. The number of benzene rings is 1. The Morgan fingerprint density at radius 1 is 1.48 bits per heavy atom. The van der Waals surface area contributed by atoms with E-state index in [9.17, 15) is 4.79 Å². The van der Waals surface area contributed by atoms with Gasteiger partial charge >= 0.3 is 5.97 Å². The fourth-order valence-electron chi connectivity index (χ4n) is 1.65. The summed E-state index contributed by atoms with van der Waals surface area (Å²) in [5.74, 6) is -0.0808. The van der Waals surface area contributed by atoms with Crippen molar-refractivity contribution < 1.29 is 9.53 Å². The lowest BCUT2D eigenvalue weighted by molar-refractivity contribution is -0.144. The maximum absolute atomic E-state index is 11.6. The molecule has 112 valence electrons. The van der Waals surface area contributed by atoms with Crippen LogP contribution < -0.4 is 0 Å². The Hall–Kier alpha value is -1.53. The predicted molar refractivity (Wildman–Crippen MR) is 83.1 cm³/mol. The molecule has 0 saturated heterocycles. The zero-order chi connectivity index (χ0) is 15.4. The van der Waals surface area contributed by atoms with Gasteiger partial charge in [0.2, 0.25) is 0 Å². The second-order valence-electron chi connectivity index (χ2n) is 4.74. The number of halogens is 1. The van der Waals surface area contributed by atoms with Gasteiger partial charge in [-0.2, -0.15) is 0 Å². The van der Waals surface area contributed by atoms with Crippen LogP contribution in [0.25, 0.3) is 5.69 Å². The Morgan fingerprint density at radius 2 is 2.24 bits per heavy atom. The van der Waals surface area contributed by atoms with E-state index in [1.54, 1.807) is 10.9 Å². The standard InChI is InChI=1S/C14H16ClN3O2S/c1-9(2)20-13(19)7-21-14-17-16-8-18(14)11-5-4-10(3)12(15)6-11/h4-6,8-9H,7H2,1-3H3. The van der Waals surface area contributed by atoms with E-state index in [1.165, 1.54) is 11.8 Å². The first-order valence-electron chi connectivity index (χ1n) is 6.46. The molecule has 2 rings (SSSR count). The Kier molecular flexibility index (Phi) is 5.25. The number of esters is 1. The van der Waals surface area contributed by atoms with E-state index >= 15 is 0 Å². The number of carbonyl (C=O) groups is 1. The summed E-state index contributed by atoms with van der Waals surface area (Å²) in [4.78, 5) is 11.6. The maximum atomic E-state index is 11.6. The van der Waals surface area contributed by atoms with Gasteiger partial charge in [0.25, 0.3) is 0 Å². The number of thioether (sulfide) groups is 1. The van der Waals surface area contributed by atoms with Crippen molar-refractivity contribution in [1.29, 1.82) is 0 Å². The zero-order valence-electron chi connectivity index (χ0n) is 12.0. The van der Waals surface area contributed by atoms with Gasteiger partial charge in [-0.1, -0.05) is 29.4 Å². The van der Waals surface area contributed by atoms with Crippen molar-refractivity contribution in [3.05, 3.63) is 35.1 Å². The van der Waals surface area contributed by atoms with Gasteiger partial charge in [0, 0.05) is 5.02 Å². The molecule has 1 aromatic heterocycles. The average molecular weight is 326 g/mol. The van der Waals surface area contributed by atoms with Crippen LogP contribution in [0.2, 0.25) is 5.02 Å². The molecule has 0 radical (unpaired) electrons. The monoisotopic (exact) mass is 325 g/mol. The Labute approximate surface area is 132 Å². The third-order valence-electron chi connectivity index (χ3n) is 2.64. The van der Waals surface area contributed by atoms with E-state index in [2.05, 4.69) is 10.2 Å². The molecule has 0 aliphatic heterocycles. The van der Waals surface area contributed by atoms with E-state index in [-0.39, 0.29) is 17.8 Å². The van der Waals surface area contributed by atoms with Crippen LogP contribution in [0.1, 0.15) is 19.4 Å². The first-order chi connectivity index (χ1) is 9.97. The highest BCUT2D eigenvalue weighted by Gasteiger charge is 2.12.